The molecule has 0 radical (unpaired) electrons. The number of oxime groups is 1. The van der Waals surface area contributed by atoms with Gasteiger partial charge in [0.25, 0.3) is 0 Å². The zero-order valence-electron chi connectivity index (χ0n) is 19.1. The smallest absolute Gasteiger partial charge is 0.417 e. The third-order valence-corrected chi connectivity index (χ3v) is 6.80. The number of nitrogen functional groups attached to an aromatic ring is 1. The molecule has 186 valence electrons. The van der Waals surface area contributed by atoms with Gasteiger partial charge in [-0.2, -0.15) is 13.2 Å². The number of alkyl halides is 3. The zero-order valence-corrected chi connectivity index (χ0v) is 19.1. The topological polar surface area (TPSA) is 116 Å². The van der Waals surface area contributed by atoms with Crippen LogP contribution in [0.2, 0.25) is 0 Å². The molecule has 1 saturated heterocycles. The molecule has 0 bridgehead atoms. The second-order valence-corrected chi connectivity index (χ2v) is 9.09. The predicted octanol–water partition coefficient (Wildman–Crippen LogP) is 4.21. The molecule has 1 aliphatic carbocycles. The molecule has 1 aromatic carbocycles. The summed E-state index contributed by atoms with van der Waals surface area (Å²) < 4.78 is 43.2. The monoisotopic (exact) mass is 497 g/mol. The van der Waals surface area contributed by atoms with Crippen molar-refractivity contribution < 1.29 is 22.4 Å². The Kier molecular flexibility index (Phi) is 5.38. The lowest BCUT2D eigenvalue weighted by molar-refractivity contribution is -0.157. The first-order chi connectivity index (χ1) is 17.3. The Bertz CT molecular complexity index is 1360. The average molecular weight is 497 g/mol. The zero-order chi connectivity index (χ0) is 24.9. The van der Waals surface area contributed by atoms with Gasteiger partial charge < -0.3 is 19.9 Å². The quantitative estimate of drug-likeness (QED) is 0.572. The third kappa shape index (κ3) is 4.16. The number of benzene rings is 1. The molecule has 6 rings (SSSR count). The van der Waals surface area contributed by atoms with Gasteiger partial charge in [-0.3, -0.25) is 0 Å². The van der Waals surface area contributed by atoms with Crippen LogP contribution in [0.5, 0.6) is 0 Å². The highest BCUT2D eigenvalue weighted by Crippen LogP contribution is 2.38. The fourth-order valence-electron chi connectivity index (χ4n) is 4.95. The van der Waals surface area contributed by atoms with Gasteiger partial charge in [0, 0.05) is 37.2 Å². The number of fused-ring (bicyclic) bond motifs is 1. The van der Waals surface area contributed by atoms with Crippen LogP contribution in [0, 0.1) is 0 Å². The molecule has 2 aromatic heterocycles. The minimum atomic E-state index is -4.64. The Morgan fingerprint density at radius 1 is 1.08 bits per heavy atom. The maximum atomic E-state index is 12.8. The van der Waals surface area contributed by atoms with Crippen LogP contribution < -0.4 is 5.73 Å². The Balaban J connectivity index is 1.13. The average Bonchev–Trinajstić information content (AvgIpc) is 3.63. The maximum Gasteiger partial charge on any atom is 0.470 e. The number of rotatable bonds is 3. The minimum Gasteiger partial charge on any atom is -0.417 e. The standard InChI is InChI=1S/C24H22F3N7O2/c25-24(26,27)22-32-31-21(35-22)13-5-7-34(8-6-13)19-11-18(36-33-19)17-12-29-23(28)30-20(17)16-9-14-3-1-2-4-15(14)10-16/h1-4,9,12-13,18H,5-8,10-11H2,(H2,28,29,30). The molecule has 9 nitrogen and oxygen atoms in total. The first kappa shape index (κ1) is 22.5. The van der Waals surface area contributed by atoms with E-state index in [-0.39, 0.29) is 23.9 Å². The summed E-state index contributed by atoms with van der Waals surface area (Å²) in [4.78, 5) is 16.6. The van der Waals surface area contributed by atoms with Crippen molar-refractivity contribution >= 4 is 23.4 Å². The number of anilines is 1. The molecule has 1 fully saturated rings. The normalized spacial score (nSPS) is 20.2. The molecule has 0 amide bonds. The summed E-state index contributed by atoms with van der Waals surface area (Å²) in [5, 5.41) is 11.1. The van der Waals surface area contributed by atoms with Crippen molar-refractivity contribution in [3.63, 3.8) is 0 Å². The number of likely N-dealkylation sites (tertiary alicyclic amines) is 1. The molecule has 0 spiro atoms. The van der Waals surface area contributed by atoms with E-state index in [9.17, 15) is 13.2 Å². The van der Waals surface area contributed by atoms with E-state index in [1.165, 1.54) is 5.56 Å². The van der Waals surface area contributed by atoms with Crippen LogP contribution in [-0.2, 0) is 17.4 Å². The molecule has 36 heavy (non-hydrogen) atoms. The molecule has 12 heteroatoms. The first-order valence-electron chi connectivity index (χ1n) is 11.6. The Morgan fingerprint density at radius 2 is 1.89 bits per heavy atom. The molecule has 1 unspecified atom stereocenters. The molecule has 2 aliphatic heterocycles. The highest BCUT2D eigenvalue weighted by Gasteiger charge is 2.40. The number of nitrogens with two attached hydrogens (primary N) is 1. The van der Waals surface area contributed by atoms with Crippen molar-refractivity contribution in [1.82, 2.24) is 25.1 Å². The molecular weight excluding hydrogens is 475 g/mol. The third-order valence-electron chi connectivity index (χ3n) is 6.80. The summed E-state index contributed by atoms with van der Waals surface area (Å²) in [6.07, 6.45) is 1.24. The molecule has 3 aromatic rings. The molecule has 0 saturated carbocycles. The molecule has 2 N–H and O–H groups in total. The lowest BCUT2D eigenvalue weighted by Gasteiger charge is -2.31. The van der Waals surface area contributed by atoms with E-state index < -0.39 is 12.1 Å². The van der Waals surface area contributed by atoms with E-state index in [0.29, 0.717) is 32.4 Å². The Morgan fingerprint density at radius 3 is 2.64 bits per heavy atom. The van der Waals surface area contributed by atoms with Crippen molar-refractivity contribution in [2.24, 2.45) is 5.16 Å². The highest BCUT2D eigenvalue weighted by molar-refractivity contribution is 5.89. The van der Waals surface area contributed by atoms with E-state index in [1.54, 1.807) is 6.20 Å². The predicted molar refractivity (Wildman–Crippen MR) is 123 cm³/mol. The highest BCUT2D eigenvalue weighted by atomic mass is 19.4. The van der Waals surface area contributed by atoms with Gasteiger partial charge >= 0.3 is 12.1 Å². The molecule has 3 aliphatic rings. The lowest BCUT2D eigenvalue weighted by atomic mass is 9.95. The van der Waals surface area contributed by atoms with Crippen LogP contribution in [0.1, 0.15) is 65.5 Å². The summed E-state index contributed by atoms with van der Waals surface area (Å²) >= 11 is 0. The number of aromatic nitrogens is 4. The SMILES string of the molecule is Nc1ncc(C2CC(N3CCC(c4nnc(C(F)(F)F)o4)CC3)=NO2)c(C2=Cc3ccccc3C2)n1. The van der Waals surface area contributed by atoms with Crippen molar-refractivity contribution in [2.45, 2.75) is 43.9 Å². The van der Waals surface area contributed by atoms with Crippen molar-refractivity contribution in [2.75, 3.05) is 18.8 Å². The Hall–Kier alpha value is -3.96. The largest absolute Gasteiger partial charge is 0.470 e. The van der Waals surface area contributed by atoms with Gasteiger partial charge in [0.2, 0.25) is 11.8 Å². The first-order valence-corrected chi connectivity index (χ1v) is 11.6. The van der Waals surface area contributed by atoms with Crippen LogP contribution in [-0.4, -0.2) is 44.0 Å². The van der Waals surface area contributed by atoms with Crippen molar-refractivity contribution in [3.05, 3.63) is 64.6 Å². The van der Waals surface area contributed by atoms with E-state index in [1.807, 2.05) is 12.1 Å². The van der Waals surface area contributed by atoms with E-state index in [4.69, 9.17) is 15.0 Å². The van der Waals surface area contributed by atoms with Gasteiger partial charge in [0.1, 0.15) is 5.84 Å². The second-order valence-electron chi connectivity index (χ2n) is 9.09. The summed E-state index contributed by atoms with van der Waals surface area (Å²) in [7, 11) is 0. The second kappa shape index (κ2) is 8.61. The van der Waals surface area contributed by atoms with E-state index in [2.05, 4.69) is 48.4 Å². The number of halogens is 3. The van der Waals surface area contributed by atoms with Crippen LogP contribution in [0.25, 0.3) is 11.6 Å². The summed E-state index contributed by atoms with van der Waals surface area (Å²) in [6, 6.07) is 8.19. The number of allylic oxidation sites excluding steroid dienone is 1. The van der Waals surface area contributed by atoms with Gasteiger partial charge in [-0.05, 0) is 35.6 Å². The van der Waals surface area contributed by atoms with Gasteiger partial charge in [0.05, 0.1) is 12.1 Å². The number of hydrogen-bond acceptors (Lipinski definition) is 9. The van der Waals surface area contributed by atoms with Crippen LogP contribution in [0.3, 0.4) is 0 Å². The number of hydrogen-bond donors (Lipinski definition) is 1. The summed E-state index contributed by atoms with van der Waals surface area (Å²) in [5.74, 6) is -0.526. The molecule has 1 atom stereocenters. The van der Waals surface area contributed by atoms with E-state index >= 15 is 0 Å². The molecule has 4 heterocycles. The van der Waals surface area contributed by atoms with Crippen LogP contribution in [0.4, 0.5) is 19.1 Å². The number of amidine groups is 1. The minimum absolute atomic E-state index is 0.0268. The van der Waals surface area contributed by atoms with Gasteiger partial charge in [-0.15, -0.1) is 10.2 Å². The Labute approximate surface area is 203 Å². The fourth-order valence-corrected chi connectivity index (χ4v) is 4.95. The van der Waals surface area contributed by atoms with E-state index in [0.717, 1.165) is 34.7 Å². The van der Waals surface area contributed by atoms with Gasteiger partial charge in [-0.25, -0.2) is 9.97 Å². The number of piperidine rings is 1. The fraction of sp³-hybridized carbons (Fsp3) is 0.375. The number of nitrogens with zero attached hydrogens (tertiary/aromatic N) is 6. The van der Waals surface area contributed by atoms with Gasteiger partial charge in [0.15, 0.2) is 6.10 Å². The van der Waals surface area contributed by atoms with Crippen molar-refractivity contribution in [1.29, 1.82) is 0 Å². The van der Waals surface area contributed by atoms with Crippen LogP contribution in [0.15, 0.2) is 40.0 Å². The van der Waals surface area contributed by atoms with Gasteiger partial charge in [-0.1, -0.05) is 29.4 Å². The maximum absolute atomic E-state index is 12.8. The summed E-state index contributed by atoms with van der Waals surface area (Å²) in [5.41, 5.74) is 10.9. The summed E-state index contributed by atoms with van der Waals surface area (Å²) in [6.45, 7) is 1.18. The molecular formula is C24H22F3N7O2. The lowest BCUT2D eigenvalue weighted by Crippen LogP contribution is -2.37. The van der Waals surface area contributed by atoms with Crippen LogP contribution >= 0.6 is 0 Å². The van der Waals surface area contributed by atoms with Crippen molar-refractivity contribution in [3.8, 4) is 0 Å².